The Hall–Kier alpha value is -2.59. The third-order valence-corrected chi connectivity index (χ3v) is 4.54. The molecule has 3 rings (SSSR count). The van der Waals surface area contributed by atoms with E-state index >= 15 is 0 Å². The van der Waals surface area contributed by atoms with Crippen molar-refractivity contribution in [1.29, 1.82) is 0 Å². The van der Waals surface area contributed by atoms with Crippen molar-refractivity contribution in [1.82, 2.24) is 5.32 Å². The number of nitrogens with one attached hydrogen (secondary N) is 1. The minimum atomic E-state index is -0.276. The number of carbonyl (C=O) groups excluding carboxylic acids is 2. The van der Waals surface area contributed by atoms with Crippen LogP contribution in [0.4, 0.5) is 5.69 Å². The largest absolute Gasteiger partial charge is 0.359 e. The van der Waals surface area contributed by atoms with Crippen LogP contribution in [0.25, 0.3) is 12.2 Å². The van der Waals surface area contributed by atoms with Crippen LogP contribution in [0, 0.1) is 5.92 Å². The van der Waals surface area contributed by atoms with Crippen LogP contribution < -0.4 is 10.2 Å². The highest BCUT2D eigenvalue weighted by Gasteiger charge is 2.34. The number of amides is 2. The molecule has 0 radical (unpaired) electrons. The van der Waals surface area contributed by atoms with Gasteiger partial charge in [0.25, 0.3) is 0 Å². The summed E-state index contributed by atoms with van der Waals surface area (Å²) in [6.45, 7) is 0.429. The molecule has 0 bridgehead atoms. The molecule has 1 aliphatic rings. The monoisotopic (exact) mass is 354 g/mol. The first-order chi connectivity index (χ1) is 12.1. The van der Waals surface area contributed by atoms with Gasteiger partial charge in [-0.1, -0.05) is 48.0 Å². The summed E-state index contributed by atoms with van der Waals surface area (Å²) in [7, 11) is 1.59. The summed E-state index contributed by atoms with van der Waals surface area (Å²) in [6.07, 6.45) is 4.28. The molecule has 5 heteroatoms. The van der Waals surface area contributed by atoms with Crippen molar-refractivity contribution < 1.29 is 9.59 Å². The molecule has 0 aliphatic carbocycles. The maximum Gasteiger partial charge on any atom is 0.227 e. The molecule has 2 aromatic rings. The van der Waals surface area contributed by atoms with Crippen LogP contribution in [0.5, 0.6) is 0 Å². The van der Waals surface area contributed by atoms with E-state index in [2.05, 4.69) is 5.32 Å². The van der Waals surface area contributed by atoms with Gasteiger partial charge in [-0.3, -0.25) is 9.59 Å². The lowest BCUT2D eigenvalue weighted by Crippen LogP contribution is -2.30. The molecule has 1 N–H and O–H groups in total. The third-order valence-electron chi connectivity index (χ3n) is 4.29. The molecule has 1 aliphatic heterocycles. The highest BCUT2D eigenvalue weighted by Crippen LogP contribution is 2.26. The summed E-state index contributed by atoms with van der Waals surface area (Å²) in [5, 5.41) is 3.32. The number of hydrogen-bond donors (Lipinski definition) is 1. The van der Waals surface area contributed by atoms with Crippen molar-refractivity contribution in [2.45, 2.75) is 6.42 Å². The Labute approximate surface area is 152 Å². The summed E-state index contributed by atoms with van der Waals surface area (Å²) in [6, 6.07) is 15.4. The molecule has 1 saturated heterocycles. The fourth-order valence-electron chi connectivity index (χ4n) is 2.87. The molecular formula is C20H19ClN2O2. The highest BCUT2D eigenvalue weighted by molar-refractivity contribution is 6.30. The fraction of sp³-hybridized carbons (Fsp3) is 0.200. The number of carbonyl (C=O) groups is 2. The van der Waals surface area contributed by atoms with Gasteiger partial charge in [0, 0.05) is 30.7 Å². The van der Waals surface area contributed by atoms with E-state index in [1.807, 2.05) is 60.7 Å². The first-order valence-electron chi connectivity index (χ1n) is 8.12. The van der Waals surface area contributed by atoms with Gasteiger partial charge in [0.1, 0.15) is 0 Å². The van der Waals surface area contributed by atoms with Crippen LogP contribution in [0.3, 0.4) is 0 Å². The normalized spacial score (nSPS) is 17.3. The molecule has 0 spiro atoms. The van der Waals surface area contributed by atoms with E-state index < -0.39 is 0 Å². The Morgan fingerprint density at radius 3 is 2.20 bits per heavy atom. The Morgan fingerprint density at radius 1 is 1.08 bits per heavy atom. The van der Waals surface area contributed by atoms with Crippen LogP contribution in [-0.4, -0.2) is 25.4 Å². The van der Waals surface area contributed by atoms with Crippen molar-refractivity contribution in [2.75, 3.05) is 18.5 Å². The van der Waals surface area contributed by atoms with Gasteiger partial charge in [-0.25, -0.2) is 0 Å². The van der Waals surface area contributed by atoms with Crippen LogP contribution in [-0.2, 0) is 9.59 Å². The SMILES string of the molecule is CNC(=O)C1CC(=O)N(c2ccc(/C=C/c3ccc(Cl)cc3)cc2)C1. The summed E-state index contributed by atoms with van der Waals surface area (Å²) in [5.74, 6) is -0.376. The predicted octanol–water partition coefficient (Wildman–Crippen LogP) is 3.61. The number of anilines is 1. The van der Waals surface area contributed by atoms with Gasteiger partial charge in [0.15, 0.2) is 0 Å². The molecule has 0 aromatic heterocycles. The second-order valence-electron chi connectivity index (χ2n) is 6.00. The molecular weight excluding hydrogens is 336 g/mol. The van der Waals surface area contributed by atoms with Gasteiger partial charge in [-0.2, -0.15) is 0 Å². The molecule has 1 unspecified atom stereocenters. The molecule has 2 amide bonds. The Balaban J connectivity index is 1.69. The van der Waals surface area contributed by atoms with E-state index in [1.165, 1.54) is 0 Å². The number of halogens is 1. The molecule has 128 valence electrons. The average Bonchev–Trinajstić information content (AvgIpc) is 3.03. The van der Waals surface area contributed by atoms with E-state index in [0.717, 1.165) is 16.8 Å². The average molecular weight is 355 g/mol. The van der Waals surface area contributed by atoms with Crippen LogP contribution in [0.15, 0.2) is 48.5 Å². The predicted molar refractivity (Wildman–Crippen MR) is 101 cm³/mol. The van der Waals surface area contributed by atoms with Crippen LogP contribution in [0.1, 0.15) is 17.5 Å². The van der Waals surface area contributed by atoms with Crippen molar-refractivity contribution in [3.05, 3.63) is 64.7 Å². The van der Waals surface area contributed by atoms with Gasteiger partial charge in [-0.15, -0.1) is 0 Å². The summed E-state index contributed by atoms with van der Waals surface area (Å²) in [4.78, 5) is 25.5. The second kappa shape index (κ2) is 7.53. The van der Waals surface area contributed by atoms with Crippen LogP contribution >= 0.6 is 11.6 Å². The smallest absolute Gasteiger partial charge is 0.227 e. The van der Waals surface area contributed by atoms with Crippen molar-refractivity contribution in [2.24, 2.45) is 5.92 Å². The highest BCUT2D eigenvalue weighted by atomic mass is 35.5. The van der Waals surface area contributed by atoms with Crippen molar-refractivity contribution in [3.8, 4) is 0 Å². The number of nitrogens with zero attached hydrogens (tertiary/aromatic N) is 1. The Bertz CT molecular complexity index is 797. The quantitative estimate of drug-likeness (QED) is 0.853. The standard InChI is InChI=1S/C20H19ClN2O2/c1-22-20(25)16-12-19(24)23(13-16)18-10-6-15(7-11-18)3-2-14-4-8-17(21)9-5-14/h2-11,16H,12-13H2,1H3,(H,22,25)/b3-2+. The number of rotatable bonds is 4. The van der Waals surface area contributed by atoms with Crippen molar-refractivity contribution in [3.63, 3.8) is 0 Å². The Kier molecular flexibility index (Phi) is 5.19. The lowest BCUT2D eigenvalue weighted by Gasteiger charge is -2.16. The van der Waals surface area contributed by atoms with E-state index in [4.69, 9.17) is 11.6 Å². The van der Waals surface area contributed by atoms with E-state index in [9.17, 15) is 9.59 Å². The summed E-state index contributed by atoms with van der Waals surface area (Å²) in [5.41, 5.74) is 2.92. The first-order valence-corrected chi connectivity index (χ1v) is 8.50. The zero-order valence-corrected chi connectivity index (χ0v) is 14.7. The maximum atomic E-state index is 12.1. The zero-order chi connectivity index (χ0) is 17.8. The molecule has 1 fully saturated rings. The van der Waals surface area contributed by atoms with Crippen molar-refractivity contribution >= 4 is 41.3 Å². The minimum Gasteiger partial charge on any atom is -0.359 e. The summed E-state index contributed by atoms with van der Waals surface area (Å²) >= 11 is 5.88. The first kappa shape index (κ1) is 17.2. The van der Waals surface area contributed by atoms with E-state index in [-0.39, 0.29) is 24.2 Å². The van der Waals surface area contributed by atoms with Gasteiger partial charge in [-0.05, 0) is 35.4 Å². The minimum absolute atomic E-state index is 0.0157. The molecule has 25 heavy (non-hydrogen) atoms. The second-order valence-corrected chi connectivity index (χ2v) is 6.43. The lowest BCUT2D eigenvalue weighted by molar-refractivity contribution is -0.125. The van der Waals surface area contributed by atoms with Gasteiger partial charge < -0.3 is 10.2 Å². The van der Waals surface area contributed by atoms with Gasteiger partial charge in [0.2, 0.25) is 11.8 Å². The van der Waals surface area contributed by atoms with Crippen LogP contribution in [0.2, 0.25) is 5.02 Å². The lowest BCUT2D eigenvalue weighted by atomic mass is 10.1. The molecule has 1 atom stereocenters. The fourth-order valence-corrected chi connectivity index (χ4v) is 2.99. The topological polar surface area (TPSA) is 49.4 Å². The molecule has 1 heterocycles. The number of hydrogen-bond acceptors (Lipinski definition) is 2. The number of benzene rings is 2. The summed E-state index contributed by atoms with van der Waals surface area (Å²) < 4.78 is 0. The molecule has 4 nitrogen and oxygen atoms in total. The zero-order valence-electron chi connectivity index (χ0n) is 13.9. The van der Waals surface area contributed by atoms with Gasteiger partial charge >= 0.3 is 0 Å². The van der Waals surface area contributed by atoms with E-state index in [1.54, 1.807) is 11.9 Å². The third kappa shape index (κ3) is 4.09. The van der Waals surface area contributed by atoms with E-state index in [0.29, 0.717) is 11.6 Å². The Morgan fingerprint density at radius 2 is 1.64 bits per heavy atom. The van der Waals surface area contributed by atoms with Gasteiger partial charge in [0.05, 0.1) is 5.92 Å². The molecule has 2 aromatic carbocycles. The maximum absolute atomic E-state index is 12.1. The molecule has 0 saturated carbocycles.